The van der Waals surface area contributed by atoms with Crippen molar-refractivity contribution in [1.29, 1.82) is 5.26 Å². The van der Waals surface area contributed by atoms with E-state index in [1.54, 1.807) is 0 Å². The Kier molecular flexibility index (Phi) is 4.06. The minimum Gasteiger partial charge on any atom is -0.312 e. The van der Waals surface area contributed by atoms with E-state index in [0.717, 1.165) is 19.0 Å². The van der Waals surface area contributed by atoms with E-state index >= 15 is 0 Å². The zero-order valence-corrected chi connectivity index (χ0v) is 11.2. The smallest absolute Gasteiger partial charge is 0.0621 e. The van der Waals surface area contributed by atoms with Gasteiger partial charge in [-0.05, 0) is 31.1 Å². The third kappa shape index (κ3) is 3.97. The minimum atomic E-state index is 0.253. The molecule has 1 saturated heterocycles. The molecule has 0 radical (unpaired) electrons. The summed E-state index contributed by atoms with van der Waals surface area (Å²) in [6.07, 6.45) is 5.80. The fourth-order valence-corrected chi connectivity index (χ4v) is 2.63. The molecule has 1 heterocycles. The number of rotatable bonds is 6. The van der Waals surface area contributed by atoms with Crippen molar-refractivity contribution in [3.05, 3.63) is 0 Å². The first kappa shape index (κ1) is 12.9. The number of nitriles is 1. The summed E-state index contributed by atoms with van der Waals surface area (Å²) >= 11 is 0. The van der Waals surface area contributed by atoms with E-state index < -0.39 is 0 Å². The Labute approximate surface area is 105 Å². The molecule has 0 aromatic rings. The van der Waals surface area contributed by atoms with Crippen LogP contribution in [0.15, 0.2) is 0 Å². The van der Waals surface area contributed by atoms with E-state index in [1.165, 1.54) is 32.4 Å². The second-order valence-electron chi connectivity index (χ2n) is 6.41. The second-order valence-corrected chi connectivity index (χ2v) is 6.41. The Hall–Kier alpha value is -0.590. The Morgan fingerprint density at radius 2 is 2.12 bits per heavy atom. The molecule has 1 aliphatic heterocycles. The first-order chi connectivity index (χ1) is 8.11. The fraction of sp³-hybridized carbons (Fsp3) is 0.929. The van der Waals surface area contributed by atoms with Gasteiger partial charge in [-0.25, -0.2) is 0 Å². The van der Waals surface area contributed by atoms with Gasteiger partial charge in [0.25, 0.3) is 0 Å². The normalized spacial score (nSPS) is 26.1. The van der Waals surface area contributed by atoms with Gasteiger partial charge < -0.3 is 5.32 Å². The van der Waals surface area contributed by atoms with Crippen LogP contribution in [0, 0.1) is 16.7 Å². The molecule has 0 bridgehead atoms. The number of nitrogens with one attached hydrogen (secondary N) is 1. The van der Waals surface area contributed by atoms with Gasteiger partial charge in [0.15, 0.2) is 0 Å². The summed E-state index contributed by atoms with van der Waals surface area (Å²) in [6.45, 7) is 8.06. The molecule has 0 aromatic heterocycles. The number of hydrogen-bond donors (Lipinski definition) is 1. The van der Waals surface area contributed by atoms with Gasteiger partial charge in [-0.15, -0.1) is 0 Å². The Balaban J connectivity index is 1.66. The van der Waals surface area contributed by atoms with Crippen molar-refractivity contribution in [1.82, 2.24) is 10.2 Å². The zero-order chi connectivity index (χ0) is 12.3. The summed E-state index contributed by atoms with van der Waals surface area (Å²) in [7, 11) is 0. The molecule has 1 unspecified atom stereocenters. The summed E-state index contributed by atoms with van der Waals surface area (Å²) < 4.78 is 0. The van der Waals surface area contributed by atoms with Crippen LogP contribution in [-0.2, 0) is 0 Å². The maximum atomic E-state index is 8.63. The van der Waals surface area contributed by atoms with Crippen molar-refractivity contribution in [3.63, 3.8) is 0 Å². The van der Waals surface area contributed by atoms with Gasteiger partial charge in [-0.3, -0.25) is 4.90 Å². The lowest BCUT2D eigenvalue weighted by Crippen LogP contribution is -2.39. The molecule has 2 aliphatic rings. The monoisotopic (exact) mass is 235 g/mol. The van der Waals surface area contributed by atoms with Gasteiger partial charge in [-0.2, -0.15) is 5.26 Å². The summed E-state index contributed by atoms with van der Waals surface area (Å²) in [6, 6.07) is 3.83. The first-order valence-electron chi connectivity index (χ1n) is 6.95. The highest BCUT2D eigenvalue weighted by molar-refractivity contribution is 4.92. The van der Waals surface area contributed by atoms with Crippen LogP contribution < -0.4 is 5.32 Å². The fourth-order valence-electron chi connectivity index (χ4n) is 2.63. The van der Waals surface area contributed by atoms with Crippen molar-refractivity contribution in [2.75, 3.05) is 19.6 Å². The topological polar surface area (TPSA) is 39.1 Å². The molecule has 1 N–H and O–H groups in total. The lowest BCUT2D eigenvalue weighted by atomic mass is 9.88. The third-order valence-corrected chi connectivity index (χ3v) is 4.07. The van der Waals surface area contributed by atoms with Gasteiger partial charge in [0.2, 0.25) is 0 Å². The molecule has 2 fully saturated rings. The van der Waals surface area contributed by atoms with Crippen molar-refractivity contribution < 1.29 is 0 Å². The molecular weight excluding hydrogens is 210 g/mol. The molecule has 3 nitrogen and oxygen atoms in total. The molecule has 3 heteroatoms. The predicted octanol–water partition coefficient (Wildman–Crippen LogP) is 2.14. The van der Waals surface area contributed by atoms with Crippen LogP contribution in [0.4, 0.5) is 0 Å². The molecule has 2 rings (SSSR count). The average molecular weight is 235 g/mol. The van der Waals surface area contributed by atoms with Crippen molar-refractivity contribution >= 4 is 0 Å². The third-order valence-electron chi connectivity index (χ3n) is 4.07. The molecule has 96 valence electrons. The van der Waals surface area contributed by atoms with Gasteiger partial charge in [-0.1, -0.05) is 13.8 Å². The predicted molar refractivity (Wildman–Crippen MR) is 69.6 cm³/mol. The molecule has 1 atom stereocenters. The van der Waals surface area contributed by atoms with Crippen LogP contribution in [0.2, 0.25) is 0 Å². The highest BCUT2D eigenvalue weighted by Crippen LogP contribution is 2.30. The zero-order valence-electron chi connectivity index (χ0n) is 11.2. The van der Waals surface area contributed by atoms with Gasteiger partial charge >= 0.3 is 0 Å². The quantitative estimate of drug-likeness (QED) is 0.766. The van der Waals surface area contributed by atoms with Crippen LogP contribution in [-0.4, -0.2) is 36.6 Å². The summed E-state index contributed by atoms with van der Waals surface area (Å²) in [5, 5.41) is 12.3. The van der Waals surface area contributed by atoms with Crippen LogP contribution in [0.1, 0.15) is 46.0 Å². The van der Waals surface area contributed by atoms with Crippen LogP contribution >= 0.6 is 0 Å². The lowest BCUT2D eigenvalue weighted by molar-refractivity contribution is 0.284. The van der Waals surface area contributed by atoms with E-state index in [1.807, 2.05) is 0 Å². The Bertz CT molecular complexity index is 288. The van der Waals surface area contributed by atoms with Crippen LogP contribution in [0.3, 0.4) is 0 Å². The molecule has 0 spiro atoms. The van der Waals surface area contributed by atoms with Gasteiger partial charge in [0.1, 0.15) is 0 Å². The number of nitrogens with zero attached hydrogens (tertiary/aromatic N) is 2. The highest BCUT2D eigenvalue weighted by atomic mass is 15.2. The van der Waals surface area contributed by atoms with Crippen molar-refractivity contribution in [2.24, 2.45) is 5.41 Å². The molecule has 17 heavy (non-hydrogen) atoms. The molecule has 1 saturated carbocycles. The van der Waals surface area contributed by atoms with E-state index in [2.05, 4.69) is 30.1 Å². The van der Waals surface area contributed by atoms with E-state index in [9.17, 15) is 0 Å². The minimum absolute atomic E-state index is 0.253. The Morgan fingerprint density at radius 1 is 1.35 bits per heavy atom. The molecule has 0 amide bonds. The van der Waals surface area contributed by atoms with Crippen molar-refractivity contribution in [2.45, 2.75) is 58.0 Å². The van der Waals surface area contributed by atoms with E-state index in [0.29, 0.717) is 12.5 Å². The molecule has 0 aromatic carbocycles. The van der Waals surface area contributed by atoms with Crippen molar-refractivity contribution in [3.8, 4) is 6.07 Å². The maximum absolute atomic E-state index is 8.63. The van der Waals surface area contributed by atoms with E-state index in [4.69, 9.17) is 5.26 Å². The molecular formula is C14H25N3. The summed E-state index contributed by atoms with van der Waals surface area (Å²) in [5.41, 5.74) is 0.253. The number of hydrogen-bond acceptors (Lipinski definition) is 3. The van der Waals surface area contributed by atoms with Gasteiger partial charge in [0, 0.05) is 38.1 Å². The average Bonchev–Trinajstić information content (AvgIpc) is 3.04. The van der Waals surface area contributed by atoms with E-state index in [-0.39, 0.29) is 5.41 Å². The standard InChI is InChI=1S/C14H25N3/c1-14(2,7-3-8-15)11-16-12-6-9-17(10-12)13-4-5-13/h12-13,16H,3-7,9-11H2,1-2H3. The molecule has 1 aliphatic carbocycles. The number of likely N-dealkylation sites (tertiary alicyclic amines) is 1. The maximum Gasteiger partial charge on any atom is 0.0621 e. The first-order valence-corrected chi connectivity index (χ1v) is 6.95. The highest BCUT2D eigenvalue weighted by Gasteiger charge is 2.34. The largest absolute Gasteiger partial charge is 0.312 e. The summed E-state index contributed by atoms with van der Waals surface area (Å²) in [5.74, 6) is 0. The van der Waals surface area contributed by atoms with Gasteiger partial charge in [0.05, 0.1) is 6.07 Å². The van der Waals surface area contributed by atoms with Crippen LogP contribution in [0.25, 0.3) is 0 Å². The Morgan fingerprint density at radius 3 is 2.76 bits per heavy atom. The second kappa shape index (κ2) is 5.37. The van der Waals surface area contributed by atoms with Crippen LogP contribution in [0.5, 0.6) is 0 Å². The SMILES string of the molecule is CC(C)(CCC#N)CNC1CCN(C2CC2)C1. The lowest BCUT2D eigenvalue weighted by Gasteiger charge is -2.26. The summed E-state index contributed by atoms with van der Waals surface area (Å²) in [4.78, 5) is 2.64.